The van der Waals surface area contributed by atoms with E-state index in [2.05, 4.69) is 35.9 Å². The monoisotopic (exact) mass is 476 g/mol. The molecule has 0 saturated carbocycles. The summed E-state index contributed by atoms with van der Waals surface area (Å²) in [7, 11) is 0. The van der Waals surface area contributed by atoms with Crippen LogP contribution in [0.25, 0.3) is 16.7 Å². The topological polar surface area (TPSA) is 9.23 Å². The summed E-state index contributed by atoms with van der Waals surface area (Å²) < 4.78 is 83.7. The van der Waals surface area contributed by atoms with Gasteiger partial charge in [0.05, 0.1) is 0 Å². The van der Waals surface area contributed by atoms with Crippen LogP contribution in [-0.2, 0) is 19.3 Å². The van der Waals surface area contributed by atoms with E-state index in [1.54, 1.807) is 0 Å². The van der Waals surface area contributed by atoms with Crippen molar-refractivity contribution >= 4 is 5.57 Å². The molecule has 0 radical (unpaired) electrons. The van der Waals surface area contributed by atoms with Crippen molar-refractivity contribution in [1.82, 2.24) is 0 Å². The Kier molecular flexibility index (Phi) is 6.73. The van der Waals surface area contributed by atoms with Gasteiger partial charge < -0.3 is 4.74 Å². The average molecular weight is 476 g/mol. The standard InChI is InChI=1S/C27H22F6O/c1-2-3-4-16-5-7-17(8-6-16)18-9-10-19-12-22(23(28)13-20(19)11-18)21-14-24(29)26(25(30)15-21)34-27(31,32)33/h5-9,12-15H,2-4,10-11H2,1H3. The van der Waals surface area contributed by atoms with Crippen LogP contribution in [0.5, 0.6) is 5.75 Å². The molecule has 0 saturated heterocycles. The number of fused-ring (bicyclic) bond motifs is 1. The van der Waals surface area contributed by atoms with E-state index in [1.807, 2.05) is 6.08 Å². The van der Waals surface area contributed by atoms with E-state index in [4.69, 9.17) is 0 Å². The molecule has 1 aliphatic rings. The maximum Gasteiger partial charge on any atom is 0.573 e. The smallest absolute Gasteiger partial charge is 0.399 e. The SMILES string of the molecule is CCCCc1ccc(C2=CCc3cc(-c4cc(F)c(OC(F)(F)F)c(F)c4)c(F)cc3C2)cc1. The molecule has 0 atom stereocenters. The minimum atomic E-state index is -5.25. The average Bonchev–Trinajstić information content (AvgIpc) is 2.79. The van der Waals surface area contributed by atoms with Crippen molar-refractivity contribution in [2.24, 2.45) is 0 Å². The van der Waals surface area contributed by atoms with Crippen LogP contribution in [0.2, 0.25) is 0 Å². The molecule has 0 bridgehead atoms. The number of ether oxygens (including phenoxy) is 1. The molecule has 1 aliphatic carbocycles. The third-order valence-electron chi connectivity index (χ3n) is 5.91. The zero-order chi connectivity index (χ0) is 24.5. The van der Waals surface area contributed by atoms with E-state index >= 15 is 0 Å². The largest absolute Gasteiger partial charge is 0.573 e. The van der Waals surface area contributed by atoms with Crippen molar-refractivity contribution in [3.8, 4) is 16.9 Å². The van der Waals surface area contributed by atoms with Crippen molar-refractivity contribution in [2.75, 3.05) is 0 Å². The molecular formula is C27H22F6O. The Labute approximate surface area is 193 Å². The number of hydrogen-bond donors (Lipinski definition) is 0. The van der Waals surface area contributed by atoms with Crippen LogP contribution < -0.4 is 4.74 Å². The molecule has 0 aromatic heterocycles. The summed E-state index contributed by atoms with van der Waals surface area (Å²) >= 11 is 0. The Morgan fingerprint density at radius 3 is 2.12 bits per heavy atom. The van der Waals surface area contributed by atoms with Crippen molar-refractivity contribution < 1.29 is 31.1 Å². The van der Waals surface area contributed by atoms with Crippen LogP contribution in [0.15, 0.2) is 54.6 Å². The molecule has 1 nitrogen and oxygen atoms in total. The summed E-state index contributed by atoms with van der Waals surface area (Å²) in [4.78, 5) is 0. The first-order valence-electron chi connectivity index (χ1n) is 11.0. The molecular weight excluding hydrogens is 454 g/mol. The third-order valence-corrected chi connectivity index (χ3v) is 5.91. The highest BCUT2D eigenvalue weighted by Gasteiger charge is 2.34. The minimum Gasteiger partial charge on any atom is -0.399 e. The molecule has 4 rings (SSSR count). The maximum atomic E-state index is 14.9. The second kappa shape index (κ2) is 9.57. The van der Waals surface area contributed by atoms with E-state index in [0.717, 1.165) is 41.5 Å². The first kappa shape index (κ1) is 23.9. The van der Waals surface area contributed by atoms with Crippen LogP contribution in [0.3, 0.4) is 0 Å². The summed E-state index contributed by atoms with van der Waals surface area (Å²) in [6.07, 6.45) is 1.06. The van der Waals surface area contributed by atoms with Crippen molar-refractivity contribution in [3.05, 3.63) is 94.3 Å². The summed E-state index contributed by atoms with van der Waals surface area (Å²) in [6, 6.07) is 12.4. The first-order valence-corrected chi connectivity index (χ1v) is 11.0. The normalized spacial score (nSPS) is 13.4. The van der Waals surface area contributed by atoms with Gasteiger partial charge in [0.2, 0.25) is 5.75 Å². The number of hydrogen-bond acceptors (Lipinski definition) is 1. The lowest BCUT2D eigenvalue weighted by atomic mass is 9.86. The fraction of sp³-hybridized carbons (Fsp3) is 0.259. The van der Waals surface area contributed by atoms with E-state index in [-0.39, 0.29) is 11.1 Å². The van der Waals surface area contributed by atoms with Gasteiger partial charge in [0, 0.05) is 5.56 Å². The highest BCUT2D eigenvalue weighted by molar-refractivity contribution is 5.73. The predicted molar refractivity (Wildman–Crippen MR) is 119 cm³/mol. The lowest BCUT2D eigenvalue weighted by Gasteiger charge is -2.20. The number of rotatable bonds is 6. The van der Waals surface area contributed by atoms with Gasteiger partial charge in [-0.25, -0.2) is 13.2 Å². The zero-order valence-electron chi connectivity index (χ0n) is 18.4. The number of unbranched alkanes of at least 4 members (excludes halogenated alkanes) is 1. The van der Waals surface area contributed by atoms with Gasteiger partial charge in [0.1, 0.15) is 5.82 Å². The number of alkyl halides is 3. The molecule has 7 heteroatoms. The van der Waals surface area contributed by atoms with Gasteiger partial charge in [-0.05, 0) is 83.3 Å². The summed E-state index contributed by atoms with van der Waals surface area (Å²) in [5.41, 5.74) is 4.63. The van der Waals surface area contributed by atoms with Gasteiger partial charge in [-0.2, -0.15) is 0 Å². The minimum absolute atomic E-state index is 0.0905. The molecule has 3 aromatic rings. The van der Waals surface area contributed by atoms with Crippen LogP contribution in [-0.4, -0.2) is 6.36 Å². The Bertz CT molecular complexity index is 1200. The van der Waals surface area contributed by atoms with Crippen LogP contribution in [0, 0.1) is 17.5 Å². The molecule has 0 N–H and O–H groups in total. The molecule has 0 heterocycles. The Hall–Kier alpha value is -3.22. The van der Waals surface area contributed by atoms with Gasteiger partial charge >= 0.3 is 6.36 Å². The van der Waals surface area contributed by atoms with Crippen LogP contribution in [0.1, 0.15) is 42.0 Å². The van der Waals surface area contributed by atoms with Gasteiger partial charge in [0.25, 0.3) is 0 Å². The predicted octanol–water partition coefficient (Wildman–Crippen LogP) is 8.19. The quantitative estimate of drug-likeness (QED) is 0.326. The van der Waals surface area contributed by atoms with Crippen molar-refractivity contribution in [3.63, 3.8) is 0 Å². The molecule has 0 amide bonds. The second-order valence-electron chi connectivity index (χ2n) is 8.33. The van der Waals surface area contributed by atoms with Crippen LogP contribution in [0.4, 0.5) is 26.3 Å². The van der Waals surface area contributed by atoms with Gasteiger partial charge in [-0.1, -0.05) is 43.7 Å². The van der Waals surface area contributed by atoms with Gasteiger partial charge in [-0.15, -0.1) is 13.2 Å². The Balaban J connectivity index is 1.59. The summed E-state index contributed by atoms with van der Waals surface area (Å²) in [6.45, 7) is 2.15. The lowest BCUT2D eigenvalue weighted by molar-refractivity contribution is -0.276. The number of allylic oxidation sites excluding steroid dienone is 2. The number of benzene rings is 3. The first-order chi connectivity index (χ1) is 16.1. The fourth-order valence-corrected chi connectivity index (χ4v) is 4.16. The Morgan fingerprint density at radius 1 is 0.824 bits per heavy atom. The van der Waals surface area contributed by atoms with Gasteiger partial charge in [-0.3, -0.25) is 0 Å². The van der Waals surface area contributed by atoms with Crippen molar-refractivity contribution in [1.29, 1.82) is 0 Å². The Morgan fingerprint density at radius 2 is 1.50 bits per heavy atom. The number of halogens is 6. The van der Waals surface area contributed by atoms with E-state index in [1.165, 1.54) is 17.7 Å². The molecule has 0 aliphatic heterocycles. The maximum absolute atomic E-state index is 14.9. The third kappa shape index (κ3) is 5.29. The van der Waals surface area contributed by atoms with Crippen LogP contribution >= 0.6 is 0 Å². The van der Waals surface area contributed by atoms with E-state index in [9.17, 15) is 26.3 Å². The van der Waals surface area contributed by atoms with E-state index in [0.29, 0.717) is 25.0 Å². The van der Waals surface area contributed by atoms with E-state index < -0.39 is 29.6 Å². The molecule has 178 valence electrons. The molecule has 34 heavy (non-hydrogen) atoms. The second-order valence-corrected chi connectivity index (χ2v) is 8.33. The van der Waals surface area contributed by atoms with Gasteiger partial charge in [0.15, 0.2) is 11.6 Å². The summed E-state index contributed by atoms with van der Waals surface area (Å²) in [5.74, 6) is -5.40. The molecule has 0 unspecified atom stereocenters. The fourth-order valence-electron chi connectivity index (χ4n) is 4.16. The highest BCUT2D eigenvalue weighted by atomic mass is 19.4. The number of aryl methyl sites for hydroxylation is 1. The highest BCUT2D eigenvalue weighted by Crippen LogP contribution is 2.36. The zero-order valence-corrected chi connectivity index (χ0v) is 18.4. The molecule has 3 aromatic carbocycles. The molecule has 0 fully saturated rings. The van der Waals surface area contributed by atoms with Crippen molar-refractivity contribution in [2.45, 2.75) is 45.4 Å². The molecule has 0 spiro atoms. The lowest BCUT2D eigenvalue weighted by Crippen LogP contribution is -2.19. The summed E-state index contributed by atoms with van der Waals surface area (Å²) in [5, 5.41) is 0.